The molecule has 0 radical (unpaired) electrons. The molecule has 19 heavy (non-hydrogen) atoms. The van der Waals surface area contributed by atoms with Gasteiger partial charge in [0.1, 0.15) is 5.78 Å². The third-order valence-electron chi connectivity index (χ3n) is 3.84. The lowest BCUT2D eigenvalue weighted by atomic mass is 9.98. The molecule has 1 aromatic rings. The molecule has 0 bridgehead atoms. The van der Waals surface area contributed by atoms with Crippen LogP contribution in [0.25, 0.3) is 0 Å². The molecule has 1 unspecified atom stereocenters. The van der Waals surface area contributed by atoms with Crippen LogP contribution in [0.4, 0.5) is 0 Å². The molecule has 104 valence electrons. The van der Waals surface area contributed by atoms with Gasteiger partial charge in [0.05, 0.1) is 5.69 Å². The number of ketones is 1. The second-order valence-corrected chi connectivity index (χ2v) is 5.73. The normalized spacial score (nSPS) is 20.6. The molecule has 0 saturated heterocycles. The molecule has 0 amide bonds. The number of nitrogens with zero attached hydrogens (tertiary/aromatic N) is 2. The van der Waals surface area contributed by atoms with Crippen molar-refractivity contribution in [1.82, 2.24) is 9.88 Å². The Hall–Kier alpha value is -1.22. The van der Waals surface area contributed by atoms with Crippen molar-refractivity contribution < 1.29 is 4.79 Å². The third-order valence-corrected chi connectivity index (χ3v) is 3.84. The van der Waals surface area contributed by atoms with Crippen LogP contribution in [0.15, 0.2) is 18.2 Å². The second kappa shape index (κ2) is 6.80. The van der Waals surface area contributed by atoms with E-state index in [4.69, 9.17) is 0 Å². The summed E-state index contributed by atoms with van der Waals surface area (Å²) >= 11 is 0. The minimum atomic E-state index is 0.234. The Morgan fingerprint density at radius 2 is 2.16 bits per heavy atom. The van der Waals surface area contributed by atoms with Gasteiger partial charge < -0.3 is 0 Å². The van der Waals surface area contributed by atoms with Crippen molar-refractivity contribution in [3.8, 4) is 0 Å². The molecule has 3 heteroatoms. The highest BCUT2D eigenvalue weighted by molar-refractivity contribution is 5.81. The molecule has 3 nitrogen and oxygen atoms in total. The minimum Gasteiger partial charge on any atom is -0.300 e. The van der Waals surface area contributed by atoms with Gasteiger partial charge in [-0.3, -0.25) is 14.7 Å². The second-order valence-electron chi connectivity index (χ2n) is 5.73. The molecular formula is C16H24N2O. The highest BCUT2D eigenvalue weighted by atomic mass is 16.1. The summed E-state index contributed by atoms with van der Waals surface area (Å²) in [6, 6.07) is 6.11. The first-order valence-electron chi connectivity index (χ1n) is 7.29. The van der Waals surface area contributed by atoms with E-state index in [1.165, 1.54) is 12.8 Å². The Bertz CT molecular complexity index is 431. The Balaban J connectivity index is 1.89. The van der Waals surface area contributed by atoms with Crippen molar-refractivity contribution in [2.75, 3.05) is 13.6 Å². The monoisotopic (exact) mass is 260 g/mol. The Morgan fingerprint density at radius 3 is 2.95 bits per heavy atom. The largest absolute Gasteiger partial charge is 0.300 e. The fraction of sp³-hybridized carbons (Fsp3) is 0.625. The van der Waals surface area contributed by atoms with Crippen LogP contribution in [0.5, 0.6) is 0 Å². The van der Waals surface area contributed by atoms with Gasteiger partial charge in [0, 0.05) is 31.1 Å². The highest BCUT2D eigenvalue weighted by Crippen LogP contribution is 2.21. The number of pyridine rings is 1. The van der Waals surface area contributed by atoms with E-state index in [-0.39, 0.29) is 5.92 Å². The first-order valence-corrected chi connectivity index (χ1v) is 7.29. The van der Waals surface area contributed by atoms with Gasteiger partial charge in [0.25, 0.3) is 0 Å². The average molecular weight is 260 g/mol. The highest BCUT2D eigenvalue weighted by Gasteiger charge is 2.22. The van der Waals surface area contributed by atoms with Crippen molar-refractivity contribution >= 4 is 5.78 Å². The first-order chi connectivity index (χ1) is 9.15. The summed E-state index contributed by atoms with van der Waals surface area (Å²) in [6.45, 7) is 3.71. The standard InChI is InChI=1S/C16H24N2O/c1-13-7-6-9-15(17-13)12-18(2)11-14-8-4-3-5-10-16(14)19/h6-7,9,14H,3-5,8,10-12H2,1-2H3. The van der Waals surface area contributed by atoms with Gasteiger partial charge in [0.2, 0.25) is 0 Å². The molecular weight excluding hydrogens is 236 g/mol. The lowest BCUT2D eigenvalue weighted by molar-refractivity contribution is -0.123. The van der Waals surface area contributed by atoms with Crippen molar-refractivity contribution in [1.29, 1.82) is 0 Å². The number of aromatic nitrogens is 1. The maximum absolute atomic E-state index is 12.0. The van der Waals surface area contributed by atoms with Crippen LogP contribution in [0.2, 0.25) is 0 Å². The van der Waals surface area contributed by atoms with Crippen molar-refractivity contribution in [3.63, 3.8) is 0 Å². The fourth-order valence-corrected chi connectivity index (χ4v) is 2.83. The summed E-state index contributed by atoms with van der Waals surface area (Å²) in [5, 5.41) is 0. The summed E-state index contributed by atoms with van der Waals surface area (Å²) in [4.78, 5) is 18.8. The zero-order valence-corrected chi connectivity index (χ0v) is 12.1. The zero-order chi connectivity index (χ0) is 13.7. The third kappa shape index (κ3) is 4.43. The number of carbonyl (C=O) groups excluding carboxylic acids is 1. The van der Waals surface area contributed by atoms with E-state index in [2.05, 4.69) is 23.0 Å². The summed E-state index contributed by atoms with van der Waals surface area (Å²) in [6.07, 6.45) is 5.34. The molecule has 1 aliphatic carbocycles. The summed E-state index contributed by atoms with van der Waals surface area (Å²) in [5.74, 6) is 0.693. The predicted octanol–water partition coefficient (Wildman–Crippen LogP) is 2.97. The van der Waals surface area contributed by atoms with E-state index in [1.54, 1.807) is 0 Å². The molecule has 0 N–H and O–H groups in total. The number of hydrogen-bond acceptors (Lipinski definition) is 3. The summed E-state index contributed by atoms with van der Waals surface area (Å²) in [7, 11) is 2.09. The van der Waals surface area contributed by atoms with Crippen LogP contribution >= 0.6 is 0 Å². The summed E-state index contributed by atoms with van der Waals surface area (Å²) < 4.78 is 0. The van der Waals surface area contributed by atoms with Gasteiger partial charge in [-0.25, -0.2) is 0 Å². The molecule has 1 atom stereocenters. The molecule has 0 aliphatic heterocycles. The van der Waals surface area contributed by atoms with Crippen LogP contribution in [0.3, 0.4) is 0 Å². The van der Waals surface area contributed by atoms with Gasteiger partial charge in [-0.2, -0.15) is 0 Å². The number of rotatable bonds is 4. The van der Waals surface area contributed by atoms with Crippen LogP contribution in [0.1, 0.15) is 43.5 Å². The van der Waals surface area contributed by atoms with Crippen molar-refractivity contribution in [2.45, 2.75) is 45.6 Å². The molecule has 2 rings (SSSR count). The Kier molecular flexibility index (Phi) is 5.08. The topological polar surface area (TPSA) is 33.2 Å². The first kappa shape index (κ1) is 14.2. The van der Waals surface area contributed by atoms with E-state index >= 15 is 0 Å². The number of hydrogen-bond donors (Lipinski definition) is 0. The van der Waals surface area contributed by atoms with E-state index in [0.717, 1.165) is 43.7 Å². The van der Waals surface area contributed by atoms with Crippen molar-refractivity contribution in [2.24, 2.45) is 5.92 Å². The number of aryl methyl sites for hydroxylation is 1. The number of carbonyl (C=O) groups is 1. The van der Waals surface area contributed by atoms with E-state index < -0.39 is 0 Å². The van der Waals surface area contributed by atoms with E-state index in [0.29, 0.717) is 5.78 Å². The van der Waals surface area contributed by atoms with Gasteiger partial charge in [-0.15, -0.1) is 0 Å². The lowest BCUT2D eigenvalue weighted by Gasteiger charge is -2.22. The van der Waals surface area contributed by atoms with Gasteiger partial charge in [-0.1, -0.05) is 18.9 Å². The summed E-state index contributed by atoms with van der Waals surface area (Å²) in [5.41, 5.74) is 2.14. The smallest absolute Gasteiger partial charge is 0.137 e. The molecule has 1 saturated carbocycles. The molecule has 0 spiro atoms. The maximum Gasteiger partial charge on any atom is 0.137 e. The van der Waals surface area contributed by atoms with E-state index in [9.17, 15) is 4.79 Å². The zero-order valence-electron chi connectivity index (χ0n) is 12.1. The van der Waals surface area contributed by atoms with Crippen LogP contribution in [-0.2, 0) is 11.3 Å². The van der Waals surface area contributed by atoms with Crippen molar-refractivity contribution in [3.05, 3.63) is 29.6 Å². The van der Waals surface area contributed by atoms with Crippen LogP contribution < -0.4 is 0 Å². The van der Waals surface area contributed by atoms with E-state index in [1.807, 2.05) is 19.1 Å². The fourth-order valence-electron chi connectivity index (χ4n) is 2.83. The van der Waals surface area contributed by atoms with Gasteiger partial charge >= 0.3 is 0 Å². The van der Waals surface area contributed by atoms with Crippen LogP contribution in [-0.4, -0.2) is 29.3 Å². The lowest BCUT2D eigenvalue weighted by Crippen LogP contribution is -2.29. The minimum absolute atomic E-state index is 0.234. The number of Topliss-reactive ketones (excluding diaryl/α,β-unsaturated/α-hetero) is 1. The van der Waals surface area contributed by atoms with Gasteiger partial charge in [0.15, 0.2) is 0 Å². The Morgan fingerprint density at radius 1 is 1.32 bits per heavy atom. The molecule has 1 aliphatic rings. The molecule has 1 heterocycles. The molecule has 1 fully saturated rings. The molecule has 1 aromatic heterocycles. The quantitative estimate of drug-likeness (QED) is 0.780. The Labute approximate surface area is 116 Å². The SMILES string of the molecule is Cc1cccc(CN(C)CC2CCCCCC2=O)n1. The van der Waals surface area contributed by atoms with Crippen LogP contribution in [0, 0.1) is 12.8 Å². The maximum atomic E-state index is 12.0. The average Bonchev–Trinajstić information content (AvgIpc) is 2.55. The van der Waals surface area contributed by atoms with Gasteiger partial charge in [-0.05, 0) is 38.9 Å². The predicted molar refractivity (Wildman–Crippen MR) is 76.9 cm³/mol. The molecule has 0 aromatic carbocycles.